The molecule has 0 bridgehead atoms. The fourth-order valence-corrected chi connectivity index (χ4v) is 3.96. The fraction of sp³-hybridized carbons (Fsp3) is 0.545. The Morgan fingerprint density at radius 3 is 2.82 bits per heavy atom. The van der Waals surface area contributed by atoms with E-state index in [1.807, 2.05) is 37.3 Å². The Labute approximate surface area is 167 Å². The quantitative estimate of drug-likeness (QED) is 0.615. The van der Waals surface area contributed by atoms with Crippen LogP contribution >= 0.6 is 0 Å². The number of carbonyl (C=O) groups is 2. The summed E-state index contributed by atoms with van der Waals surface area (Å²) < 4.78 is 0. The molecule has 1 saturated heterocycles. The Balaban J connectivity index is 1.42. The van der Waals surface area contributed by atoms with E-state index in [4.69, 9.17) is 0 Å². The zero-order chi connectivity index (χ0) is 19.9. The van der Waals surface area contributed by atoms with Gasteiger partial charge in [0, 0.05) is 19.4 Å². The predicted octanol–water partition coefficient (Wildman–Crippen LogP) is 1.04. The number of nitrogens with zero attached hydrogens (tertiary/aromatic N) is 1. The van der Waals surface area contributed by atoms with Crippen LogP contribution in [0.25, 0.3) is 5.70 Å². The van der Waals surface area contributed by atoms with Crippen molar-refractivity contribution in [2.45, 2.75) is 52.0 Å². The van der Waals surface area contributed by atoms with Gasteiger partial charge in [-0.05, 0) is 44.7 Å². The summed E-state index contributed by atoms with van der Waals surface area (Å²) in [6.07, 6.45) is 7.12. The lowest BCUT2D eigenvalue weighted by atomic mass is 10.0. The number of rotatable bonds is 7. The molecule has 2 amide bonds. The average molecular weight is 386 g/mol. The number of hydrogen-bond acceptors (Lipinski definition) is 3. The van der Waals surface area contributed by atoms with Crippen molar-refractivity contribution < 1.29 is 14.5 Å². The molecule has 3 rings (SSSR count). The van der Waals surface area contributed by atoms with E-state index in [1.54, 1.807) is 4.90 Å². The molecule has 2 aliphatic rings. The zero-order valence-electron chi connectivity index (χ0n) is 17.1. The third kappa shape index (κ3) is 5.58. The summed E-state index contributed by atoms with van der Waals surface area (Å²) in [5, 5.41) is 4.38. The fourth-order valence-electron chi connectivity index (χ4n) is 3.96. The standard InChI is InChI=1S/C22H32N4O2/c1-17-7-9-19(10-8-17)20-11-12-22(28)26(24-20)16-21(27)23-13-5-15-25-14-4-3-6-18(25)2/h7-11,18,24H,3-6,12-16H2,1-2H3,(H,23,27)/p+1. The van der Waals surface area contributed by atoms with Crippen LogP contribution in [0.2, 0.25) is 0 Å². The van der Waals surface area contributed by atoms with E-state index in [0.29, 0.717) is 13.0 Å². The summed E-state index contributed by atoms with van der Waals surface area (Å²) in [5.41, 5.74) is 6.17. The van der Waals surface area contributed by atoms with E-state index in [9.17, 15) is 9.59 Å². The molecule has 2 unspecified atom stereocenters. The number of amides is 2. The number of piperidine rings is 1. The predicted molar refractivity (Wildman–Crippen MR) is 110 cm³/mol. The monoisotopic (exact) mass is 385 g/mol. The van der Waals surface area contributed by atoms with Crippen molar-refractivity contribution in [1.29, 1.82) is 0 Å². The summed E-state index contributed by atoms with van der Waals surface area (Å²) in [6.45, 7) is 7.41. The van der Waals surface area contributed by atoms with Gasteiger partial charge in [-0.3, -0.25) is 15.0 Å². The van der Waals surface area contributed by atoms with Gasteiger partial charge in [0.1, 0.15) is 6.54 Å². The molecule has 1 aromatic rings. The minimum atomic E-state index is -0.118. The first-order valence-electron chi connectivity index (χ1n) is 10.5. The highest BCUT2D eigenvalue weighted by atomic mass is 16.2. The number of nitrogens with one attached hydrogen (secondary N) is 3. The first-order chi connectivity index (χ1) is 13.5. The van der Waals surface area contributed by atoms with E-state index in [1.165, 1.54) is 36.4 Å². The summed E-state index contributed by atoms with van der Waals surface area (Å²) in [4.78, 5) is 26.1. The molecule has 0 radical (unpaired) electrons. The zero-order valence-corrected chi connectivity index (χ0v) is 17.1. The maximum Gasteiger partial charge on any atom is 0.245 e. The molecule has 28 heavy (non-hydrogen) atoms. The molecular weight excluding hydrogens is 352 g/mol. The molecule has 0 aliphatic carbocycles. The topological polar surface area (TPSA) is 65.9 Å². The second kappa shape index (κ2) is 9.73. The molecule has 6 heteroatoms. The van der Waals surface area contributed by atoms with Crippen molar-refractivity contribution in [1.82, 2.24) is 15.8 Å². The Morgan fingerprint density at radius 2 is 2.07 bits per heavy atom. The molecular formula is C22H33N4O2+. The summed E-state index contributed by atoms with van der Waals surface area (Å²) in [6, 6.07) is 8.84. The van der Waals surface area contributed by atoms with Crippen molar-refractivity contribution >= 4 is 17.5 Å². The molecule has 6 nitrogen and oxygen atoms in total. The van der Waals surface area contributed by atoms with E-state index in [-0.39, 0.29) is 18.4 Å². The Kier molecular flexibility index (Phi) is 7.09. The molecule has 1 aromatic carbocycles. The highest BCUT2D eigenvalue weighted by molar-refractivity contribution is 5.88. The molecule has 0 spiro atoms. The van der Waals surface area contributed by atoms with Crippen molar-refractivity contribution in [3.8, 4) is 0 Å². The van der Waals surface area contributed by atoms with Crippen molar-refractivity contribution in [2.24, 2.45) is 0 Å². The van der Waals surface area contributed by atoms with Crippen LogP contribution < -0.4 is 15.6 Å². The third-order valence-electron chi connectivity index (χ3n) is 5.78. The number of likely N-dealkylation sites (tertiary alicyclic amines) is 1. The van der Waals surface area contributed by atoms with Gasteiger partial charge in [0.25, 0.3) is 0 Å². The largest absolute Gasteiger partial charge is 0.354 e. The van der Waals surface area contributed by atoms with Gasteiger partial charge in [-0.2, -0.15) is 0 Å². The summed E-state index contributed by atoms with van der Waals surface area (Å²) >= 11 is 0. The van der Waals surface area contributed by atoms with Gasteiger partial charge >= 0.3 is 0 Å². The van der Waals surface area contributed by atoms with Gasteiger partial charge in [0.05, 0.1) is 24.8 Å². The minimum Gasteiger partial charge on any atom is -0.354 e. The summed E-state index contributed by atoms with van der Waals surface area (Å²) in [5.74, 6) is -0.203. The van der Waals surface area contributed by atoms with Gasteiger partial charge in [-0.25, -0.2) is 5.01 Å². The molecule has 1 fully saturated rings. The number of hydrogen-bond donors (Lipinski definition) is 3. The third-order valence-corrected chi connectivity index (χ3v) is 5.78. The number of hydrazine groups is 1. The van der Waals surface area contributed by atoms with Gasteiger partial charge in [0.15, 0.2) is 0 Å². The van der Waals surface area contributed by atoms with Crippen LogP contribution in [0.4, 0.5) is 0 Å². The summed E-state index contributed by atoms with van der Waals surface area (Å²) in [7, 11) is 0. The Bertz CT molecular complexity index is 714. The SMILES string of the molecule is Cc1ccc(C2=CCC(=O)N(CC(=O)NCCC[NH+]3CCCCC3C)N2)cc1. The van der Waals surface area contributed by atoms with Crippen LogP contribution in [0, 0.1) is 6.92 Å². The van der Waals surface area contributed by atoms with Crippen molar-refractivity contribution in [2.75, 3.05) is 26.2 Å². The molecule has 0 aromatic heterocycles. The lowest BCUT2D eigenvalue weighted by Crippen LogP contribution is -3.16. The molecule has 0 saturated carbocycles. The van der Waals surface area contributed by atoms with Crippen LogP contribution in [0.3, 0.4) is 0 Å². The smallest absolute Gasteiger partial charge is 0.245 e. The molecule has 2 aliphatic heterocycles. The molecule has 152 valence electrons. The van der Waals surface area contributed by atoms with Crippen LogP contribution in [0.1, 0.15) is 50.2 Å². The second-order valence-corrected chi connectivity index (χ2v) is 8.04. The van der Waals surface area contributed by atoms with E-state index in [2.05, 4.69) is 17.7 Å². The molecule has 2 atom stereocenters. The number of carbonyl (C=O) groups excluding carboxylic acids is 2. The highest BCUT2D eigenvalue weighted by Gasteiger charge is 2.23. The van der Waals surface area contributed by atoms with Crippen molar-refractivity contribution in [3.63, 3.8) is 0 Å². The lowest BCUT2D eigenvalue weighted by Gasteiger charge is -2.30. The maximum atomic E-state index is 12.3. The number of aryl methyl sites for hydroxylation is 1. The first kappa shape index (κ1) is 20.4. The van der Waals surface area contributed by atoms with E-state index < -0.39 is 0 Å². The van der Waals surface area contributed by atoms with Crippen molar-refractivity contribution in [3.05, 3.63) is 41.5 Å². The number of quaternary nitrogens is 1. The first-order valence-corrected chi connectivity index (χ1v) is 10.5. The average Bonchev–Trinajstić information content (AvgIpc) is 2.69. The van der Waals surface area contributed by atoms with E-state index in [0.717, 1.165) is 30.3 Å². The van der Waals surface area contributed by atoms with Gasteiger partial charge in [-0.1, -0.05) is 29.8 Å². The van der Waals surface area contributed by atoms with Crippen LogP contribution in [-0.2, 0) is 9.59 Å². The maximum absolute atomic E-state index is 12.3. The van der Waals surface area contributed by atoms with Crippen LogP contribution in [0.15, 0.2) is 30.3 Å². The highest BCUT2D eigenvalue weighted by Crippen LogP contribution is 2.17. The Morgan fingerprint density at radius 1 is 1.29 bits per heavy atom. The van der Waals surface area contributed by atoms with E-state index >= 15 is 0 Å². The Hall–Kier alpha value is -2.34. The molecule has 3 N–H and O–H groups in total. The number of benzene rings is 1. The lowest BCUT2D eigenvalue weighted by molar-refractivity contribution is -0.928. The van der Waals surface area contributed by atoms with Gasteiger partial charge < -0.3 is 10.2 Å². The molecule has 2 heterocycles. The van der Waals surface area contributed by atoms with Gasteiger partial charge in [0.2, 0.25) is 11.8 Å². The second-order valence-electron chi connectivity index (χ2n) is 8.04. The normalized spacial score (nSPS) is 22.4. The van der Waals surface area contributed by atoms with Crippen LogP contribution in [0.5, 0.6) is 0 Å². The van der Waals surface area contributed by atoms with Crippen LogP contribution in [-0.4, -0.2) is 49.0 Å². The van der Waals surface area contributed by atoms with Gasteiger partial charge in [-0.15, -0.1) is 0 Å². The minimum absolute atomic E-state index is 0.0367.